The van der Waals surface area contributed by atoms with Gasteiger partial charge in [-0.15, -0.1) is 0 Å². The first-order valence-electron chi connectivity index (χ1n) is 7.14. The summed E-state index contributed by atoms with van der Waals surface area (Å²) in [6, 6.07) is 8.35. The number of fused-ring (bicyclic) bond motifs is 1. The predicted octanol–water partition coefficient (Wildman–Crippen LogP) is 2.64. The fraction of sp³-hybridized carbons (Fsp3) is 0.353. The monoisotopic (exact) mass is 284 g/mol. The molecule has 1 aliphatic heterocycles. The maximum Gasteiger partial charge on any atom is 0.164 e. The Labute approximate surface area is 125 Å². The molecule has 110 valence electrons. The summed E-state index contributed by atoms with van der Waals surface area (Å²) in [4.78, 5) is 4.56. The molecule has 0 bridgehead atoms. The summed E-state index contributed by atoms with van der Waals surface area (Å²) in [6.07, 6.45) is 2.84. The molecule has 1 aromatic heterocycles. The van der Waals surface area contributed by atoms with Crippen molar-refractivity contribution in [1.82, 2.24) is 10.3 Å². The van der Waals surface area contributed by atoms with Crippen LogP contribution in [0.3, 0.4) is 0 Å². The van der Waals surface area contributed by atoms with Crippen molar-refractivity contribution in [2.45, 2.75) is 19.4 Å². The molecular weight excluding hydrogens is 264 g/mol. The zero-order valence-corrected chi connectivity index (χ0v) is 12.6. The van der Waals surface area contributed by atoms with E-state index in [9.17, 15) is 0 Å². The number of aromatic nitrogens is 1. The first-order valence-corrected chi connectivity index (χ1v) is 7.14. The fourth-order valence-corrected chi connectivity index (χ4v) is 2.90. The van der Waals surface area contributed by atoms with Gasteiger partial charge in [-0.2, -0.15) is 0 Å². The third-order valence-corrected chi connectivity index (χ3v) is 3.95. The molecule has 21 heavy (non-hydrogen) atoms. The van der Waals surface area contributed by atoms with Crippen LogP contribution in [0.4, 0.5) is 0 Å². The fourth-order valence-electron chi connectivity index (χ4n) is 2.90. The van der Waals surface area contributed by atoms with E-state index in [1.807, 2.05) is 19.2 Å². The highest BCUT2D eigenvalue weighted by Gasteiger charge is 2.26. The number of rotatable bonds is 3. The van der Waals surface area contributed by atoms with Gasteiger partial charge in [-0.1, -0.05) is 12.1 Å². The van der Waals surface area contributed by atoms with Crippen molar-refractivity contribution in [2.24, 2.45) is 0 Å². The lowest BCUT2D eigenvalue weighted by atomic mass is 9.91. The van der Waals surface area contributed by atoms with Gasteiger partial charge in [-0.25, -0.2) is 0 Å². The molecular formula is C17H20N2O2. The molecule has 0 saturated heterocycles. The number of hydrogen-bond donors (Lipinski definition) is 1. The molecule has 0 aliphatic carbocycles. The highest BCUT2D eigenvalue weighted by molar-refractivity contribution is 5.54. The van der Waals surface area contributed by atoms with Crippen LogP contribution in [-0.2, 0) is 6.42 Å². The second-order valence-electron chi connectivity index (χ2n) is 5.27. The van der Waals surface area contributed by atoms with Crippen LogP contribution in [-0.4, -0.2) is 25.7 Å². The van der Waals surface area contributed by atoms with E-state index in [1.165, 1.54) is 16.7 Å². The van der Waals surface area contributed by atoms with Gasteiger partial charge in [0.15, 0.2) is 11.5 Å². The number of hydrogen-bond acceptors (Lipinski definition) is 4. The Kier molecular flexibility index (Phi) is 3.80. The average molecular weight is 284 g/mol. The van der Waals surface area contributed by atoms with Crippen LogP contribution in [0, 0.1) is 6.92 Å². The summed E-state index contributed by atoms with van der Waals surface area (Å²) in [5, 5.41) is 3.54. The quantitative estimate of drug-likeness (QED) is 0.941. The van der Waals surface area contributed by atoms with Crippen LogP contribution in [0.2, 0.25) is 0 Å². The zero-order chi connectivity index (χ0) is 14.8. The van der Waals surface area contributed by atoms with Gasteiger partial charge >= 0.3 is 0 Å². The molecule has 1 aromatic carbocycles. The molecule has 2 heterocycles. The summed E-state index contributed by atoms with van der Waals surface area (Å²) in [5.41, 5.74) is 4.63. The Morgan fingerprint density at radius 3 is 2.67 bits per heavy atom. The SMILES string of the molecule is COc1ccc2c(c1OC)CCNC2c1ccc(C)cn1. The van der Waals surface area contributed by atoms with Crippen molar-refractivity contribution in [3.63, 3.8) is 0 Å². The van der Waals surface area contributed by atoms with Gasteiger partial charge in [0.25, 0.3) is 0 Å². The van der Waals surface area contributed by atoms with Crippen LogP contribution in [0.15, 0.2) is 30.5 Å². The first-order chi connectivity index (χ1) is 10.2. The van der Waals surface area contributed by atoms with Gasteiger partial charge in [0.1, 0.15) is 0 Å². The minimum atomic E-state index is 0.106. The van der Waals surface area contributed by atoms with Crippen molar-refractivity contribution in [2.75, 3.05) is 20.8 Å². The zero-order valence-electron chi connectivity index (χ0n) is 12.6. The Morgan fingerprint density at radius 2 is 2.00 bits per heavy atom. The molecule has 0 spiro atoms. The molecule has 4 heteroatoms. The van der Waals surface area contributed by atoms with Crippen LogP contribution < -0.4 is 14.8 Å². The number of methoxy groups -OCH3 is 2. The van der Waals surface area contributed by atoms with Crippen molar-refractivity contribution >= 4 is 0 Å². The van der Waals surface area contributed by atoms with E-state index in [1.54, 1.807) is 14.2 Å². The van der Waals surface area contributed by atoms with E-state index in [4.69, 9.17) is 9.47 Å². The normalized spacial score (nSPS) is 17.2. The predicted molar refractivity (Wildman–Crippen MR) is 82.1 cm³/mol. The molecule has 4 nitrogen and oxygen atoms in total. The van der Waals surface area contributed by atoms with Crippen molar-refractivity contribution in [3.8, 4) is 11.5 Å². The third kappa shape index (κ3) is 2.47. The lowest BCUT2D eigenvalue weighted by Gasteiger charge is -2.28. The highest BCUT2D eigenvalue weighted by atomic mass is 16.5. The van der Waals surface area contributed by atoms with E-state index < -0.39 is 0 Å². The Hall–Kier alpha value is -2.07. The number of nitrogens with zero attached hydrogens (tertiary/aromatic N) is 1. The molecule has 1 N–H and O–H groups in total. The number of nitrogens with one attached hydrogen (secondary N) is 1. The largest absolute Gasteiger partial charge is 0.493 e. The van der Waals surface area contributed by atoms with E-state index in [-0.39, 0.29) is 6.04 Å². The maximum atomic E-state index is 5.56. The molecule has 1 atom stereocenters. The minimum Gasteiger partial charge on any atom is -0.493 e. The molecule has 0 saturated carbocycles. The number of ether oxygens (including phenoxy) is 2. The molecule has 1 unspecified atom stereocenters. The molecule has 2 aromatic rings. The Bertz CT molecular complexity index is 638. The second kappa shape index (κ2) is 5.74. The average Bonchev–Trinajstić information content (AvgIpc) is 2.53. The molecule has 3 rings (SSSR count). The summed E-state index contributed by atoms with van der Waals surface area (Å²) in [6.45, 7) is 2.95. The minimum absolute atomic E-state index is 0.106. The summed E-state index contributed by atoms with van der Waals surface area (Å²) in [7, 11) is 3.36. The Morgan fingerprint density at radius 1 is 1.14 bits per heavy atom. The smallest absolute Gasteiger partial charge is 0.164 e. The van der Waals surface area contributed by atoms with E-state index in [0.717, 1.165) is 30.2 Å². The van der Waals surface area contributed by atoms with Gasteiger partial charge in [0, 0.05) is 18.3 Å². The lowest BCUT2D eigenvalue weighted by Crippen LogP contribution is -2.31. The van der Waals surface area contributed by atoms with Crippen LogP contribution in [0.1, 0.15) is 28.4 Å². The van der Waals surface area contributed by atoms with Crippen LogP contribution in [0.5, 0.6) is 11.5 Å². The highest BCUT2D eigenvalue weighted by Crippen LogP contribution is 2.39. The lowest BCUT2D eigenvalue weighted by molar-refractivity contribution is 0.348. The summed E-state index contributed by atoms with van der Waals surface area (Å²) in [5.74, 6) is 1.63. The van der Waals surface area contributed by atoms with Gasteiger partial charge in [-0.3, -0.25) is 4.98 Å². The van der Waals surface area contributed by atoms with Crippen LogP contribution in [0.25, 0.3) is 0 Å². The molecule has 0 amide bonds. The van der Waals surface area contributed by atoms with Crippen LogP contribution >= 0.6 is 0 Å². The molecule has 1 aliphatic rings. The van der Waals surface area contributed by atoms with Gasteiger partial charge in [0.2, 0.25) is 0 Å². The first kappa shape index (κ1) is 13.9. The van der Waals surface area contributed by atoms with E-state index >= 15 is 0 Å². The molecule has 0 fully saturated rings. The van der Waals surface area contributed by atoms with Gasteiger partial charge < -0.3 is 14.8 Å². The third-order valence-electron chi connectivity index (χ3n) is 3.95. The number of pyridine rings is 1. The van der Waals surface area contributed by atoms with Gasteiger partial charge in [-0.05, 0) is 36.6 Å². The standard InChI is InChI=1S/C17H20N2O2/c1-11-4-6-14(19-10-11)16-12-5-7-15(20-2)17(21-3)13(12)8-9-18-16/h4-7,10,16,18H,8-9H2,1-3H3. The maximum absolute atomic E-state index is 5.56. The topological polar surface area (TPSA) is 43.4 Å². The Balaban J connectivity index is 2.08. The van der Waals surface area contributed by atoms with Crippen molar-refractivity contribution < 1.29 is 9.47 Å². The number of benzene rings is 1. The van der Waals surface area contributed by atoms with Crippen molar-refractivity contribution in [1.29, 1.82) is 0 Å². The van der Waals surface area contributed by atoms with Gasteiger partial charge in [0.05, 0.1) is 26.0 Å². The second-order valence-corrected chi connectivity index (χ2v) is 5.27. The number of aryl methyl sites for hydroxylation is 1. The summed E-state index contributed by atoms with van der Waals surface area (Å²) >= 11 is 0. The molecule has 0 radical (unpaired) electrons. The van der Waals surface area contributed by atoms with Crippen molar-refractivity contribution in [3.05, 3.63) is 52.8 Å². The van der Waals surface area contributed by atoms with E-state index in [0.29, 0.717) is 0 Å². The van der Waals surface area contributed by atoms with E-state index in [2.05, 4.69) is 28.5 Å². The summed E-state index contributed by atoms with van der Waals surface area (Å²) < 4.78 is 11.0.